The van der Waals surface area contributed by atoms with Crippen LogP contribution in [0.5, 0.6) is 0 Å². The highest BCUT2D eigenvalue weighted by atomic mass is 32.2. The van der Waals surface area contributed by atoms with Crippen molar-refractivity contribution in [1.29, 1.82) is 0 Å². The summed E-state index contributed by atoms with van der Waals surface area (Å²) >= 11 is 0. The van der Waals surface area contributed by atoms with Crippen LogP contribution < -0.4 is 4.72 Å². The van der Waals surface area contributed by atoms with Gasteiger partial charge in [0.15, 0.2) is 0 Å². The number of hydrogen-bond donors (Lipinski definition) is 1. The Kier molecular flexibility index (Phi) is 4.56. The Bertz CT molecular complexity index is 551. The fraction of sp³-hybridized carbons (Fsp3) is 0.364. The maximum absolute atomic E-state index is 12.7. The van der Waals surface area contributed by atoms with Crippen LogP contribution in [0.15, 0.2) is 40.2 Å². The smallest absolute Gasteiger partial charge is 0.261 e. The van der Waals surface area contributed by atoms with Crippen LogP contribution in [0.4, 0.5) is 13.2 Å². The predicted octanol–water partition coefficient (Wildman–Crippen LogP) is 2.33. The lowest BCUT2D eigenvalue weighted by Crippen LogP contribution is -2.41. The van der Waals surface area contributed by atoms with Gasteiger partial charge in [0.05, 0.1) is 4.90 Å². The highest BCUT2D eigenvalue weighted by Gasteiger charge is 2.39. The fourth-order valence-electron chi connectivity index (χ4n) is 1.20. The first-order valence-electron chi connectivity index (χ1n) is 5.36. The lowest BCUT2D eigenvalue weighted by Gasteiger charge is -2.14. The Morgan fingerprint density at radius 3 is 2.16 bits per heavy atom. The number of nitrogens with one attached hydrogen (secondary N) is 1. The van der Waals surface area contributed by atoms with Crippen molar-refractivity contribution in [3.8, 4) is 0 Å². The Morgan fingerprint density at radius 2 is 1.74 bits per heavy atom. The third-order valence-corrected chi connectivity index (χ3v) is 3.30. The molecule has 0 spiro atoms. The molecule has 4 nitrogen and oxygen atoms in total. The van der Waals surface area contributed by atoms with Crippen molar-refractivity contribution in [2.75, 3.05) is 0 Å². The van der Waals surface area contributed by atoms with E-state index in [-0.39, 0.29) is 4.90 Å². The van der Waals surface area contributed by atoms with Gasteiger partial charge in [-0.2, -0.15) is 13.2 Å². The molecule has 0 saturated heterocycles. The molecular formula is C11H13F3N2O2S. The van der Waals surface area contributed by atoms with Gasteiger partial charge < -0.3 is 0 Å². The number of amidine groups is 1. The summed E-state index contributed by atoms with van der Waals surface area (Å²) in [6, 6.07) is 6.11. The van der Waals surface area contributed by atoms with Gasteiger partial charge in [0.25, 0.3) is 10.0 Å². The molecule has 0 fully saturated rings. The van der Waals surface area contributed by atoms with Crippen molar-refractivity contribution in [3.05, 3.63) is 30.3 Å². The van der Waals surface area contributed by atoms with Gasteiger partial charge in [0.2, 0.25) is 5.84 Å². The van der Waals surface area contributed by atoms with E-state index in [0.29, 0.717) is 0 Å². The van der Waals surface area contributed by atoms with Crippen LogP contribution in [-0.2, 0) is 10.0 Å². The zero-order valence-corrected chi connectivity index (χ0v) is 11.1. The van der Waals surface area contributed by atoms with Crippen LogP contribution in [-0.4, -0.2) is 26.5 Å². The van der Waals surface area contributed by atoms with E-state index in [9.17, 15) is 21.6 Å². The van der Waals surface area contributed by atoms with Gasteiger partial charge in [-0.3, -0.25) is 9.71 Å². The second kappa shape index (κ2) is 5.60. The molecular weight excluding hydrogens is 281 g/mol. The monoisotopic (exact) mass is 294 g/mol. The van der Waals surface area contributed by atoms with Crippen LogP contribution in [0.3, 0.4) is 0 Å². The number of aliphatic imine (C=N–C) groups is 1. The second-order valence-corrected chi connectivity index (χ2v) is 5.67. The maximum atomic E-state index is 12.7. The zero-order valence-electron chi connectivity index (χ0n) is 10.3. The molecule has 0 heterocycles. The molecule has 0 atom stereocenters. The molecule has 0 aliphatic heterocycles. The number of benzene rings is 1. The molecule has 1 N–H and O–H groups in total. The van der Waals surface area contributed by atoms with E-state index in [1.807, 2.05) is 0 Å². The molecule has 0 aromatic heterocycles. The molecule has 0 aliphatic rings. The second-order valence-electron chi connectivity index (χ2n) is 3.99. The largest absolute Gasteiger partial charge is 0.449 e. The average molecular weight is 294 g/mol. The normalized spacial score (nSPS) is 13.7. The summed E-state index contributed by atoms with van der Waals surface area (Å²) in [6.07, 6.45) is -4.86. The topological polar surface area (TPSA) is 58.5 Å². The van der Waals surface area contributed by atoms with Gasteiger partial charge in [0, 0.05) is 6.04 Å². The summed E-state index contributed by atoms with van der Waals surface area (Å²) < 4.78 is 63.0. The predicted molar refractivity (Wildman–Crippen MR) is 65.4 cm³/mol. The van der Waals surface area contributed by atoms with E-state index in [2.05, 4.69) is 4.99 Å². The summed E-state index contributed by atoms with van der Waals surface area (Å²) in [5, 5.41) is 0. The molecule has 0 unspecified atom stereocenters. The summed E-state index contributed by atoms with van der Waals surface area (Å²) in [6.45, 7) is 2.84. The molecule has 1 rings (SSSR count). The van der Waals surface area contributed by atoms with Crippen LogP contribution >= 0.6 is 0 Å². The number of rotatable bonds is 3. The van der Waals surface area contributed by atoms with E-state index >= 15 is 0 Å². The number of sulfonamides is 1. The van der Waals surface area contributed by atoms with Gasteiger partial charge in [-0.1, -0.05) is 18.2 Å². The Labute approximate surface area is 109 Å². The number of hydrogen-bond acceptors (Lipinski definition) is 3. The first kappa shape index (κ1) is 15.5. The Hall–Kier alpha value is -1.57. The highest BCUT2D eigenvalue weighted by molar-refractivity contribution is 7.90. The van der Waals surface area contributed by atoms with Crippen molar-refractivity contribution < 1.29 is 21.6 Å². The molecule has 0 saturated carbocycles. The fourth-order valence-corrected chi connectivity index (χ4v) is 2.26. The first-order chi connectivity index (χ1) is 8.63. The average Bonchev–Trinajstić information content (AvgIpc) is 2.27. The summed E-state index contributed by atoms with van der Waals surface area (Å²) in [4.78, 5) is 3.01. The third-order valence-electron chi connectivity index (χ3n) is 1.94. The summed E-state index contributed by atoms with van der Waals surface area (Å²) in [7, 11) is -4.29. The van der Waals surface area contributed by atoms with Gasteiger partial charge in [-0.05, 0) is 26.0 Å². The van der Waals surface area contributed by atoms with E-state index in [0.717, 1.165) is 0 Å². The minimum Gasteiger partial charge on any atom is -0.261 e. The van der Waals surface area contributed by atoms with E-state index < -0.39 is 28.1 Å². The first-order valence-corrected chi connectivity index (χ1v) is 6.84. The highest BCUT2D eigenvalue weighted by Crippen LogP contribution is 2.19. The summed E-state index contributed by atoms with van der Waals surface area (Å²) in [5.41, 5.74) is 0. The van der Waals surface area contributed by atoms with E-state index in [4.69, 9.17) is 0 Å². The quantitative estimate of drug-likeness (QED) is 0.687. The van der Waals surface area contributed by atoms with Crippen molar-refractivity contribution >= 4 is 15.9 Å². The lowest BCUT2D eigenvalue weighted by molar-refractivity contribution is -0.0611. The molecule has 0 aliphatic carbocycles. The molecule has 0 radical (unpaired) electrons. The third kappa shape index (κ3) is 4.55. The number of nitrogens with zero attached hydrogens (tertiary/aromatic N) is 1. The Balaban J connectivity index is 3.11. The SMILES string of the molecule is CC(C)N=C(NS(=O)(=O)c1ccccc1)C(F)(F)F. The zero-order chi connectivity index (χ0) is 14.7. The van der Waals surface area contributed by atoms with Gasteiger partial charge >= 0.3 is 6.18 Å². The lowest BCUT2D eigenvalue weighted by atomic mass is 10.4. The van der Waals surface area contributed by atoms with Crippen molar-refractivity contribution in [2.45, 2.75) is 31.0 Å². The maximum Gasteiger partial charge on any atom is 0.449 e. The van der Waals surface area contributed by atoms with E-state index in [1.54, 1.807) is 6.07 Å². The minimum atomic E-state index is -4.86. The van der Waals surface area contributed by atoms with Crippen molar-refractivity contribution in [3.63, 3.8) is 0 Å². The van der Waals surface area contributed by atoms with Crippen LogP contribution in [0.25, 0.3) is 0 Å². The molecule has 106 valence electrons. The molecule has 8 heteroatoms. The molecule has 0 bridgehead atoms. The van der Waals surface area contributed by atoms with Crippen molar-refractivity contribution in [2.24, 2.45) is 4.99 Å². The van der Waals surface area contributed by atoms with Gasteiger partial charge in [-0.15, -0.1) is 0 Å². The van der Waals surface area contributed by atoms with Gasteiger partial charge in [0.1, 0.15) is 0 Å². The van der Waals surface area contributed by atoms with Crippen LogP contribution in [0, 0.1) is 0 Å². The van der Waals surface area contributed by atoms with E-state index in [1.165, 1.54) is 42.8 Å². The minimum absolute atomic E-state index is 0.254. The number of alkyl halides is 3. The van der Waals surface area contributed by atoms with Crippen molar-refractivity contribution in [1.82, 2.24) is 4.72 Å². The van der Waals surface area contributed by atoms with Gasteiger partial charge in [-0.25, -0.2) is 8.42 Å². The standard InChI is InChI=1S/C11H13F3N2O2S/c1-8(2)15-10(11(12,13)14)16-19(17,18)9-6-4-3-5-7-9/h3-8H,1-2H3,(H,15,16). The van der Waals surface area contributed by atoms with Crippen LogP contribution in [0.2, 0.25) is 0 Å². The molecule has 1 aromatic rings. The summed E-state index contributed by atoms with van der Waals surface area (Å²) in [5.74, 6) is -1.52. The van der Waals surface area contributed by atoms with Crippen LogP contribution in [0.1, 0.15) is 13.8 Å². The number of halogens is 3. The molecule has 1 aromatic carbocycles. The molecule has 0 amide bonds. The molecule has 19 heavy (non-hydrogen) atoms. The Morgan fingerprint density at radius 1 is 1.21 bits per heavy atom.